The predicted octanol–water partition coefficient (Wildman–Crippen LogP) is 4.06. The molecule has 7 nitrogen and oxygen atoms in total. The molecule has 1 aliphatic rings. The van der Waals surface area contributed by atoms with E-state index in [1.54, 1.807) is 81.4 Å². The van der Waals surface area contributed by atoms with Crippen molar-refractivity contribution in [3.63, 3.8) is 0 Å². The fourth-order valence-electron chi connectivity index (χ4n) is 4.67. The number of piperazine rings is 1. The van der Waals surface area contributed by atoms with Crippen molar-refractivity contribution in [2.75, 3.05) is 13.1 Å². The molecule has 0 saturated carbocycles. The second-order valence-corrected chi connectivity index (χ2v) is 11.7. The highest BCUT2D eigenvalue weighted by atomic mass is 32.2. The summed E-state index contributed by atoms with van der Waals surface area (Å²) in [7, 11) is -3.85. The van der Waals surface area contributed by atoms with Crippen LogP contribution in [0.2, 0.25) is 0 Å². The van der Waals surface area contributed by atoms with E-state index in [9.17, 15) is 22.4 Å². The first-order valence-electron chi connectivity index (χ1n) is 12.6. The summed E-state index contributed by atoms with van der Waals surface area (Å²) in [5, 5.41) is 2.87. The average molecular weight is 538 g/mol. The second kappa shape index (κ2) is 11.4. The third-order valence-corrected chi connectivity index (χ3v) is 8.54. The average Bonchev–Trinajstić information content (AvgIpc) is 2.92. The number of halogens is 1. The molecule has 9 heteroatoms. The highest BCUT2D eigenvalue weighted by molar-refractivity contribution is 7.89. The molecule has 0 spiro atoms. The van der Waals surface area contributed by atoms with E-state index < -0.39 is 28.0 Å². The van der Waals surface area contributed by atoms with Gasteiger partial charge in [-0.3, -0.25) is 9.59 Å². The third kappa shape index (κ3) is 5.79. The molecule has 0 aliphatic carbocycles. The van der Waals surface area contributed by atoms with Crippen LogP contribution in [-0.4, -0.2) is 54.6 Å². The Hall–Kier alpha value is -3.56. The summed E-state index contributed by atoms with van der Waals surface area (Å²) in [4.78, 5) is 28.1. The Morgan fingerprint density at radius 3 is 2.21 bits per heavy atom. The van der Waals surface area contributed by atoms with Crippen molar-refractivity contribution in [2.24, 2.45) is 5.92 Å². The van der Waals surface area contributed by atoms with Gasteiger partial charge in [0.2, 0.25) is 21.8 Å². The molecule has 1 aliphatic heterocycles. The van der Waals surface area contributed by atoms with Crippen LogP contribution in [0.25, 0.3) is 11.1 Å². The Morgan fingerprint density at radius 1 is 0.947 bits per heavy atom. The van der Waals surface area contributed by atoms with Crippen LogP contribution in [-0.2, 0) is 26.2 Å². The van der Waals surface area contributed by atoms with Crippen molar-refractivity contribution in [3.05, 3.63) is 90.2 Å². The van der Waals surface area contributed by atoms with E-state index in [1.807, 2.05) is 0 Å². The Bertz CT molecular complexity index is 1390. The standard InChI is InChI=1S/C29H32FN3O4S/c1-20(2)29(35)33-21(3)18-32(38(36,37)24-9-5-4-6-10-24)19-27(33)28(34)31-17-22-13-15-23(16-14-22)25-11-7-8-12-26(25)30/h4-16,20-21,27H,17-19H2,1-3H3,(H,31,34)/t21-,27-/m1/s1. The van der Waals surface area contributed by atoms with E-state index in [1.165, 1.54) is 27.4 Å². The monoisotopic (exact) mass is 537 g/mol. The fourth-order valence-corrected chi connectivity index (χ4v) is 6.21. The fraction of sp³-hybridized carbons (Fsp3) is 0.310. The molecule has 38 heavy (non-hydrogen) atoms. The molecular weight excluding hydrogens is 505 g/mol. The minimum atomic E-state index is -3.85. The number of nitrogens with zero attached hydrogens (tertiary/aromatic N) is 2. The largest absolute Gasteiger partial charge is 0.350 e. The topological polar surface area (TPSA) is 86.8 Å². The molecule has 0 unspecified atom stereocenters. The Morgan fingerprint density at radius 2 is 1.58 bits per heavy atom. The summed E-state index contributed by atoms with van der Waals surface area (Å²) < 4.78 is 42.1. The van der Waals surface area contributed by atoms with Crippen molar-refractivity contribution < 1.29 is 22.4 Å². The summed E-state index contributed by atoms with van der Waals surface area (Å²) in [5.74, 6) is -1.30. The van der Waals surface area contributed by atoms with E-state index >= 15 is 0 Å². The lowest BCUT2D eigenvalue weighted by atomic mass is 10.0. The van der Waals surface area contributed by atoms with Gasteiger partial charge in [-0.2, -0.15) is 4.31 Å². The zero-order valence-corrected chi connectivity index (χ0v) is 22.5. The molecule has 1 N–H and O–H groups in total. The molecule has 3 aromatic carbocycles. The molecule has 0 aromatic heterocycles. The van der Waals surface area contributed by atoms with E-state index in [-0.39, 0.29) is 42.2 Å². The zero-order chi connectivity index (χ0) is 27.4. The van der Waals surface area contributed by atoms with Gasteiger partial charge >= 0.3 is 0 Å². The number of hydrogen-bond acceptors (Lipinski definition) is 4. The lowest BCUT2D eigenvalue weighted by Gasteiger charge is -2.44. The van der Waals surface area contributed by atoms with Crippen LogP contribution in [0.15, 0.2) is 83.8 Å². The normalized spacial score (nSPS) is 18.4. The Labute approximate surface area is 223 Å². The van der Waals surface area contributed by atoms with Crippen LogP contribution in [0.5, 0.6) is 0 Å². The molecule has 200 valence electrons. The molecule has 0 radical (unpaired) electrons. The van der Waals surface area contributed by atoms with Gasteiger partial charge in [0.25, 0.3) is 0 Å². The van der Waals surface area contributed by atoms with Gasteiger partial charge in [-0.05, 0) is 36.2 Å². The number of benzene rings is 3. The second-order valence-electron chi connectivity index (χ2n) is 9.79. The van der Waals surface area contributed by atoms with Gasteiger partial charge < -0.3 is 10.2 Å². The summed E-state index contributed by atoms with van der Waals surface area (Å²) in [6.45, 7) is 5.41. The van der Waals surface area contributed by atoms with E-state index in [0.29, 0.717) is 5.56 Å². The first kappa shape index (κ1) is 27.5. The van der Waals surface area contributed by atoms with Crippen LogP contribution < -0.4 is 5.32 Å². The molecule has 2 atom stereocenters. The van der Waals surface area contributed by atoms with E-state index in [0.717, 1.165) is 11.1 Å². The Kier molecular flexibility index (Phi) is 8.28. The van der Waals surface area contributed by atoms with Crippen LogP contribution in [0.4, 0.5) is 4.39 Å². The molecule has 1 fully saturated rings. The third-order valence-electron chi connectivity index (χ3n) is 6.69. The van der Waals surface area contributed by atoms with Gasteiger partial charge in [-0.25, -0.2) is 12.8 Å². The number of carbonyl (C=O) groups is 2. The van der Waals surface area contributed by atoms with Gasteiger partial charge in [-0.1, -0.05) is 74.5 Å². The lowest BCUT2D eigenvalue weighted by molar-refractivity contribution is -0.148. The number of sulfonamides is 1. The summed E-state index contributed by atoms with van der Waals surface area (Å²) >= 11 is 0. The van der Waals surface area contributed by atoms with Crippen LogP contribution in [0.3, 0.4) is 0 Å². The molecule has 2 amide bonds. The number of hydrogen-bond donors (Lipinski definition) is 1. The zero-order valence-electron chi connectivity index (χ0n) is 21.7. The highest BCUT2D eigenvalue weighted by Gasteiger charge is 2.43. The minimum absolute atomic E-state index is 0.0942. The maximum Gasteiger partial charge on any atom is 0.244 e. The first-order valence-corrected chi connectivity index (χ1v) is 14.0. The predicted molar refractivity (Wildman–Crippen MR) is 144 cm³/mol. The summed E-state index contributed by atoms with van der Waals surface area (Å²) in [6.07, 6.45) is 0. The minimum Gasteiger partial charge on any atom is -0.350 e. The van der Waals surface area contributed by atoms with Gasteiger partial charge in [0.15, 0.2) is 0 Å². The van der Waals surface area contributed by atoms with E-state index in [2.05, 4.69) is 5.32 Å². The number of rotatable bonds is 7. The van der Waals surface area contributed by atoms with Gasteiger partial charge in [0, 0.05) is 37.2 Å². The van der Waals surface area contributed by atoms with Gasteiger partial charge in [0.1, 0.15) is 11.9 Å². The maximum absolute atomic E-state index is 14.1. The van der Waals surface area contributed by atoms with Crippen molar-refractivity contribution in [1.29, 1.82) is 0 Å². The first-order chi connectivity index (χ1) is 18.1. The number of nitrogens with one attached hydrogen (secondary N) is 1. The van der Waals surface area contributed by atoms with E-state index in [4.69, 9.17) is 0 Å². The van der Waals surface area contributed by atoms with Crippen LogP contribution in [0, 0.1) is 11.7 Å². The van der Waals surface area contributed by atoms with Crippen LogP contribution in [0.1, 0.15) is 26.3 Å². The number of amides is 2. The van der Waals surface area contributed by atoms with Crippen molar-refractivity contribution in [2.45, 2.75) is 44.3 Å². The summed E-state index contributed by atoms with van der Waals surface area (Å²) in [6, 6.07) is 20.3. The molecule has 1 heterocycles. The summed E-state index contributed by atoms with van der Waals surface area (Å²) in [5.41, 5.74) is 1.99. The lowest BCUT2D eigenvalue weighted by Crippen LogP contribution is -2.65. The van der Waals surface area contributed by atoms with Crippen molar-refractivity contribution >= 4 is 21.8 Å². The quantitative estimate of drug-likeness (QED) is 0.493. The van der Waals surface area contributed by atoms with Crippen molar-refractivity contribution in [3.8, 4) is 11.1 Å². The smallest absolute Gasteiger partial charge is 0.244 e. The van der Waals surface area contributed by atoms with Crippen LogP contribution >= 0.6 is 0 Å². The Balaban J connectivity index is 1.53. The molecular formula is C29H32FN3O4S. The maximum atomic E-state index is 14.1. The number of carbonyl (C=O) groups excluding carboxylic acids is 2. The molecule has 4 rings (SSSR count). The SMILES string of the molecule is CC(C)C(=O)N1[C@H](C)CN(S(=O)(=O)c2ccccc2)C[C@@H]1C(=O)NCc1ccc(-c2ccccc2F)cc1. The van der Waals surface area contributed by atoms with Crippen molar-refractivity contribution in [1.82, 2.24) is 14.5 Å². The molecule has 0 bridgehead atoms. The molecule has 3 aromatic rings. The van der Waals surface area contributed by atoms with Gasteiger partial charge in [0.05, 0.1) is 4.90 Å². The molecule has 1 saturated heterocycles. The highest BCUT2D eigenvalue weighted by Crippen LogP contribution is 2.26. The van der Waals surface area contributed by atoms with Gasteiger partial charge in [-0.15, -0.1) is 0 Å².